The summed E-state index contributed by atoms with van der Waals surface area (Å²) in [6.45, 7) is 1.98. The van der Waals surface area contributed by atoms with E-state index in [1.54, 1.807) is 0 Å². The molecular formula is C15H19Br2NO. The van der Waals surface area contributed by atoms with E-state index in [9.17, 15) is 4.79 Å². The maximum absolute atomic E-state index is 12.6. The Morgan fingerprint density at radius 1 is 1.32 bits per heavy atom. The first-order chi connectivity index (χ1) is 9.00. The Hall–Kier alpha value is -0.350. The predicted molar refractivity (Wildman–Crippen MR) is 85.9 cm³/mol. The first-order valence-electron chi connectivity index (χ1n) is 6.68. The highest BCUT2D eigenvalue weighted by molar-refractivity contribution is 9.10. The molecule has 0 bridgehead atoms. The van der Waals surface area contributed by atoms with E-state index < -0.39 is 0 Å². The number of aryl methyl sites for hydroxylation is 1. The molecule has 0 aliphatic heterocycles. The Kier molecular flexibility index (Phi) is 5.07. The summed E-state index contributed by atoms with van der Waals surface area (Å²) >= 11 is 7.16. The number of rotatable bonds is 2. The van der Waals surface area contributed by atoms with Crippen LogP contribution in [-0.4, -0.2) is 28.7 Å². The van der Waals surface area contributed by atoms with Crippen LogP contribution in [0.15, 0.2) is 22.7 Å². The lowest BCUT2D eigenvalue weighted by Crippen LogP contribution is -2.44. The second-order valence-corrected chi connectivity index (χ2v) is 7.33. The van der Waals surface area contributed by atoms with Crippen molar-refractivity contribution in [1.29, 1.82) is 0 Å². The Morgan fingerprint density at radius 3 is 2.63 bits per heavy atom. The van der Waals surface area contributed by atoms with Crippen LogP contribution in [0.25, 0.3) is 0 Å². The lowest BCUT2D eigenvalue weighted by Gasteiger charge is -2.35. The normalized spacial score (nSPS) is 23.2. The van der Waals surface area contributed by atoms with E-state index in [-0.39, 0.29) is 5.91 Å². The molecule has 2 rings (SSSR count). The molecule has 0 N–H and O–H groups in total. The number of hydrogen-bond acceptors (Lipinski definition) is 1. The minimum atomic E-state index is 0.126. The lowest BCUT2D eigenvalue weighted by atomic mass is 9.93. The smallest absolute Gasteiger partial charge is 0.254 e. The van der Waals surface area contributed by atoms with Gasteiger partial charge in [-0.15, -0.1) is 0 Å². The van der Waals surface area contributed by atoms with Gasteiger partial charge in [0.1, 0.15) is 0 Å². The van der Waals surface area contributed by atoms with Crippen LogP contribution in [0.4, 0.5) is 0 Å². The molecule has 1 aliphatic carbocycles. The zero-order chi connectivity index (χ0) is 14.0. The second-order valence-electron chi connectivity index (χ2n) is 5.24. The summed E-state index contributed by atoms with van der Waals surface area (Å²) in [5.74, 6) is 0.126. The largest absolute Gasteiger partial charge is 0.338 e. The molecule has 1 aromatic carbocycles. The predicted octanol–water partition coefficient (Wildman–Crippen LogP) is 4.54. The first kappa shape index (κ1) is 15.0. The third kappa shape index (κ3) is 3.40. The molecule has 0 aromatic heterocycles. The monoisotopic (exact) mass is 387 g/mol. The summed E-state index contributed by atoms with van der Waals surface area (Å²) in [4.78, 5) is 14.9. The maximum atomic E-state index is 12.6. The molecule has 1 fully saturated rings. The van der Waals surface area contributed by atoms with Crippen molar-refractivity contribution in [3.63, 3.8) is 0 Å². The number of alkyl halides is 1. The quantitative estimate of drug-likeness (QED) is 0.681. The number of carbonyl (C=O) groups excluding carboxylic acids is 1. The minimum Gasteiger partial charge on any atom is -0.338 e. The Morgan fingerprint density at radius 2 is 2.00 bits per heavy atom. The van der Waals surface area contributed by atoms with E-state index in [2.05, 4.69) is 31.9 Å². The molecule has 2 nitrogen and oxygen atoms in total. The topological polar surface area (TPSA) is 20.3 Å². The van der Waals surface area contributed by atoms with Crippen molar-refractivity contribution in [3.05, 3.63) is 33.8 Å². The highest BCUT2D eigenvalue weighted by atomic mass is 79.9. The summed E-state index contributed by atoms with van der Waals surface area (Å²) < 4.78 is 1.01. The number of benzene rings is 1. The van der Waals surface area contributed by atoms with Gasteiger partial charge < -0.3 is 4.90 Å². The van der Waals surface area contributed by atoms with Gasteiger partial charge in [-0.25, -0.2) is 0 Å². The fourth-order valence-electron chi connectivity index (χ4n) is 2.71. The molecule has 4 heteroatoms. The molecule has 0 spiro atoms. The van der Waals surface area contributed by atoms with Crippen LogP contribution in [0.2, 0.25) is 0 Å². The number of amides is 1. The SMILES string of the molecule is Cc1cc(Br)ccc1C(=O)N(C)C1CCCCC1Br. The number of nitrogens with zero attached hydrogens (tertiary/aromatic N) is 1. The number of halogens is 2. The second kappa shape index (κ2) is 6.40. The molecule has 1 amide bonds. The molecule has 1 aliphatic rings. The summed E-state index contributed by atoms with van der Waals surface area (Å²) in [5, 5.41) is 0. The number of hydrogen-bond donors (Lipinski definition) is 0. The van der Waals surface area contributed by atoms with Crippen LogP contribution in [-0.2, 0) is 0 Å². The molecular weight excluding hydrogens is 370 g/mol. The zero-order valence-corrected chi connectivity index (χ0v) is 14.5. The van der Waals surface area contributed by atoms with Crippen LogP contribution in [0.5, 0.6) is 0 Å². The molecule has 1 aromatic rings. The van der Waals surface area contributed by atoms with E-state index in [0.717, 1.165) is 28.4 Å². The molecule has 104 valence electrons. The summed E-state index contributed by atoms with van der Waals surface area (Å²) in [6.07, 6.45) is 4.71. The minimum absolute atomic E-state index is 0.126. The highest BCUT2D eigenvalue weighted by Gasteiger charge is 2.29. The van der Waals surface area contributed by atoms with Crippen molar-refractivity contribution in [2.24, 2.45) is 0 Å². The van der Waals surface area contributed by atoms with Crippen molar-refractivity contribution < 1.29 is 4.79 Å². The van der Waals surface area contributed by atoms with Crippen LogP contribution in [0, 0.1) is 6.92 Å². The molecule has 2 unspecified atom stereocenters. The summed E-state index contributed by atoms with van der Waals surface area (Å²) in [5.41, 5.74) is 1.82. The van der Waals surface area contributed by atoms with E-state index in [0.29, 0.717) is 10.9 Å². The fraction of sp³-hybridized carbons (Fsp3) is 0.533. The lowest BCUT2D eigenvalue weighted by molar-refractivity contribution is 0.0704. The summed E-state index contributed by atoms with van der Waals surface area (Å²) in [6, 6.07) is 6.14. The van der Waals surface area contributed by atoms with E-state index in [1.807, 2.05) is 37.1 Å². The average Bonchev–Trinajstić information content (AvgIpc) is 2.38. The van der Waals surface area contributed by atoms with Crippen LogP contribution >= 0.6 is 31.9 Å². The Balaban J connectivity index is 2.18. The molecule has 2 atom stereocenters. The van der Waals surface area contributed by atoms with Gasteiger partial charge in [-0.3, -0.25) is 4.79 Å². The Labute approximate surface area is 131 Å². The van der Waals surface area contributed by atoms with Crippen LogP contribution < -0.4 is 0 Å². The van der Waals surface area contributed by atoms with Crippen LogP contribution in [0.3, 0.4) is 0 Å². The van der Waals surface area contributed by atoms with Gasteiger partial charge in [0.25, 0.3) is 5.91 Å². The van der Waals surface area contributed by atoms with E-state index >= 15 is 0 Å². The highest BCUT2D eigenvalue weighted by Crippen LogP contribution is 2.29. The van der Waals surface area contributed by atoms with Gasteiger partial charge in [0, 0.05) is 28.0 Å². The van der Waals surface area contributed by atoms with Crippen molar-refractivity contribution in [2.45, 2.75) is 43.5 Å². The Bertz CT molecular complexity index is 475. The standard InChI is InChI=1S/C15H19Br2NO/c1-10-9-11(16)7-8-12(10)15(19)18(2)14-6-4-3-5-13(14)17/h7-9,13-14H,3-6H2,1-2H3. The zero-order valence-electron chi connectivity index (χ0n) is 11.3. The van der Waals surface area contributed by atoms with Gasteiger partial charge in [0.05, 0.1) is 0 Å². The van der Waals surface area contributed by atoms with Gasteiger partial charge in [0.15, 0.2) is 0 Å². The van der Waals surface area contributed by atoms with E-state index in [1.165, 1.54) is 12.8 Å². The third-order valence-electron chi connectivity index (χ3n) is 3.88. The average molecular weight is 389 g/mol. The van der Waals surface area contributed by atoms with Gasteiger partial charge in [0.2, 0.25) is 0 Å². The van der Waals surface area contributed by atoms with Gasteiger partial charge in [-0.2, -0.15) is 0 Å². The fourth-order valence-corrected chi connectivity index (χ4v) is 4.13. The molecule has 0 heterocycles. The van der Waals surface area contributed by atoms with Crippen molar-refractivity contribution in [1.82, 2.24) is 4.90 Å². The van der Waals surface area contributed by atoms with Gasteiger partial charge >= 0.3 is 0 Å². The van der Waals surface area contributed by atoms with Gasteiger partial charge in [-0.05, 0) is 43.5 Å². The maximum Gasteiger partial charge on any atom is 0.254 e. The van der Waals surface area contributed by atoms with E-state index in [4.69, 9.17) is 0 Å². The van der Waals surface area contributed by atoms with Crippen molar-refractivity contribution in [3.8, 4) is 0 Å². The van der Waals surface area contributed by atoms with Crippen LogP contribution in [0.1, 0.15) is 41.6 Å². The summed E-state index contributed by atoms with van der Waals surface area (Å²) in [7, 11) is 1.92. The van der Waals surface area contributed by atoms with Gasteiger partial charge in [-0.1, -0.05) is 44.7 Å². The molecule has 0 saturated heterocycles. The number of carbonyl (C=O) groups is 1. The third-order valence-corrected chi connectivity index (χ3v) is 5.45. The molecule has 19 heavy (non-hydrogen) atoms. The van der Waals surface area contributed by atoms with Crippen molar-refractivity contribution >= 4 is 37.8 Å². The molecule has 1 saturated carbocycles. The molecule has 0 radical (unpaired) electrons. The first-order valence-corrected chi connectivity index (χ1v) is 8.39. The van der Waals surface area contributed by atoms with Crippen molar-refractivity contribution in [2.75, 3.05) is 7.05 Å².